The van der Waals surface area contributed by atoms with Gasteiger partial charge in [-0.2, -0.15) is 9.61 Å². The van der Waals surface area contributed by atoms with Gasteiger partial charge in [0.1, 0.15) is 0 Å². The lowest BCUT2D eigenvalue weighted by Crippen LogP contribution is -2.12. The van der Waals surface area contributed by atoms with Crippen molar-refractivity contribution >= 4 is 17.2 Å². The summed E-state index contributed by atoms with van der Waals surface area (Å²) in [5, 5.41) is 19.4. The van der Waals surface area contributed by atoms with Crippen LogP contribution in [0.25, 0.3) is 28.2 Å². The molecule has 5 aromatic rings. The number of hydrogen-bond donors (Lipinski definition) is 1. The number of nitrogens with zero attached hydrogens (tertiary/aromatic N) is 5. The number of nitrogens with one attached hydrogen (secondary N) is 1. The monoisotopic (exact) mass is 396 g/mol. The van der Waals surface area contributed by atoms with Gasteiger partial charge < -0.3 is 9.84 Å². The maximum atomic E-state index is 12.6. The van der Waals surface area contributed by atoms with E-state index in [1.165, 1.54) is 0 Å². The van der Waals surface area contributed by atoms with E-state index in [4.69, 9.17) is 4.52 Å². The fourth-order valence-electron chi connectivity index (χ4n) is 3.12. The van der Waals surface area contributed by atoms with Crippen LogP contribution in [-0.2, 0) is 0 Å². The molecule has 0 radical (unpaired) electrons. The molecule has 2 aromatic carbocycles. The van der Waals surface area contributed by atoms with Crippen molar-refractivity contribution in [1.29, 1.82) is 0 Å². The second kappa shape index (κ2) is 7.25. The molecule has 0 spiro atoms. The summed E-state index contributed by atoms with van der Waals surface area (Å²) in [4.78, 5) is 12.6. The van der Waals surface area contributed by atoms with Gasteiger partial charge in [0.15, 0.2) is 22.9 Å². The van der Waals surface area contributed by atoms with Gasteiger partial charge in [0.2, 0.25) is 0 Å². The van der Waals surface area contributed by atoms with Crippen LogP contribution in [0.3, 0.4) is 0 Å². The first-order valence-corrected chi connectivity index (χ1v) is 9.30. The number of carbonyl (C=O) groups is 1. The number of carbonyl (C=O) groups excluding carboxylic acids is 1. The number of aromatic nitrogens is 5. The highest BCUT2D eigenvalue weighted by atomic mass is 16.5. The summed E-state index contributed by atoms with van der Waals surface area (Å²) in [5.74, 6) is 0.893. The molecule has 0 saturated heterocycles. The number of anilines is 1. The number of rotatable bonds is 4. The Bertz CT molecular complexity index is 1360. The third-order valence-electron chi connectivity index (χ3n) is 4.64. The van der Waals surface area contributed by atoms with Gasteiger partial charge in [-0.3, -0.25) is 4.79 Å². The van der Waals surface area contributed by atoms with E-state index in [1.807, 2.05) is 73.7 Å². The van der Waals surface area contributed by atoms with Crippen molar-refractivity contribution < 1.29 is 9.32 Å². The molecule has 1 amide bonds. The minimum Gasteiger partial charge on any atom is -0.355 e. The van der Waals surface area contributed by atoms with Gasteiger partial charge in [0.05, 0.1) is 5.69 Å². The molecule has 1 N–H and O–H groups in total. The van der Waals surface area contributed by atoms with Gasteiger partial charge in [-0.25, -0.2) is 0 Å². The molecule has 0 bridgehead atoms. The van der Waals surface area contributed by atoms with Crippen LogP contribution in [0.1, 0.15) is 16.3 Å². The zero-order valence-corrected chi connectivity index (χ0v) is 16.0. The molecular weight excluding hydrogens is 380 g/mol. The van der Waals surface area contributed by atoms with E-state index < -0.39 is 0 Å². The second-order valence-corrected chi connectivity index (χ2v) is 6.71. The van der Waals surface area contributed by atoms with Crippen molar-refractivity contribution in [3.63, 3.8) is 0 Å². The van der Waals surface area contributed by atoms with Crippen molar-refractivity contribution in [1.82, 2.24) is 25.0 Å². The van der Waals surface area contributed by atoms with Gasteiger partial charge in [-0.05, 0) is 31.2 Å². The van der Waals surface area contributed by atoms with Crippen molar-refractivity contribution in [2.75, 3.05) is 5.32 Å². The minimum atomic E-state index is -0.351. The first kappa shape index (κ1) is 17.7. The molecule has 0 aliphatic heterocycles. The maximum absolute atomic E-state index is 12.6. The van der Waals surface area contributed by atoms with Crippen molar-refractivity contribution in [3.05, 3.63) is 84.3 Å². The Kier molecular flexibility index (Phi) is 4.29. The molecule has 3 aromatic heterocycles. The summed E-state index contributed by atoms with van der Waals surface area (Å²) >= 11 is 0. The highest BCUT2D eigenvalue weighted by Crippen LogP contribution is 2.23. The first-order chi connectivity index (χ1) is 14.7. The Hall–Kier alpha value is -4.33. The molecule has 3 heterocycles. The van der Waals surface area contributed by atoms with Crippen LogP contribution < -0.4 is 5.32 Å². The van der Waals surface area contributed by atoms with Gasteiger partial charge in [-0.1, -0.05) is 47.6 Å². The third kappa shape index (κ3) is 3.30. The molecule has 30 heavy (non-hydrogen) atoms. The van der Waals surface area contributed by atoms with Gasteiger partial charge in [0, 0.05) is 22.9 Å². The molecule has 0 aliphatic carbocycles. The van der Waals surface area contributed by atoms with Gasteiger partial charge in [0.25, 0.3) is 5.91 Å². The fourth-order valence-corrected chi connectivity index (χ4v) is 3.12. The third-order valence-corrected chi connectivity index (χ3v) is 4.64. The zero-order chi connectivity index (χ0) is 20.5. The average molecular weight is 396 g/mol. The normalized spacial score (nSPS) is 11.0. The number of benzene rings is 2. The van der Waals surface area contributed by atoms with E-state index in [-0.39, 0.29) is 11.6 Å². The quantitative estimate of drug-likeness (QED) is 0.493. The van der Waals surface area contributed by atoms with E-state index in [2.05, 4.69) is 25.8 Å². The fraction of sp³-hybridized carbons (Fsp3) is 0.0455. The standard InChI is InChI=1S/C22H16N6O2/c1-14-24-25-21-11-10-18(26-28(14)21)16-8-5-9-17(12-16)23-22(29)19-13-20(30-27-19)15-6-3-2-4-7-15/h2-13H,1H3,(H,23,29). The largest absolute Gasteiger partial charge is 0.355 e. The van der Waals surface area contributed by atoms with E-state index in [1.54, 1.807) is 10.6 Å². The highest BCUT2D eigenvalue weighted by molar-refractivity contribution is 6.03. The van der Waals surface area contributed by atoms with Gasteiger partial charge in [-0.15, -0.1) is 10.2 Å². The first-order valence-electron chi connectivity index (χ1n) is 9.30. The number of amides is 1. The average Bonchev–Trinajstić information content (AvgIpc) is 3.42. The predicted octanol–water partition coefficient (Wildman–Crippen LogP) is 4.01. The Labute approximate surface area is 171 Å². The van der Waals surface area contributed by atoms with Gasteiger partial charge >= 0.3 is 0 Å². The Morgan fingerprint density at radius 2 is 1.77 bits per heavy atom. The molecule has 146 valence electrons. The molecule has 5 rings (SSSR count). The molecule has 8 nitrogen and oxygen atoms in total. The summed E-state index contributed by atoms with van der Waals surface area (Å²) in [6.07, 6.45) is 0. The van der Waals surface area contributed by atoms with E-state index in [9.17, 15) is 4.79 Å². The summed E-state index contributed by atoms with van der Waals surface area (Å²) in [6.45, 7) is 1.84. The summed E-state index contributed by atoms with van der Waals surface area (Å²) in [6, 6.07) is 22.3. The molecule has 0 aliphatic rings. The second-order valence-electron chi connectivity index (χ2n) is 6.71. The molecule has 0 saturated carbocycles. The van der Waals surface area contributed by atoms with Crippen LogP contribution in [0.5, 0.6) is 0 Å². The van der Waals surface area contributed by atoms with Crippen molar-refractivity contribution in [2.24, 2.45) is 0 Å². The van der Waals surface area contributed by atoms with E-state index in [0.29, 0.717) is 22.9 Å². The SMILES string of the molecule is Cc1nnc2ccc(-c3cccc(NC(=O)c4cc(-c5ccccc5)on4)c3)nn12. The Balaban J connectivity index is 1.38. The summed E-state index contributed by atoms with van der Waals surface area (Å²) in [7, 11) is 0. The molecular formula is C22H16N6O2. The molecule has 0 atom stereocenters. The minimum absolute atomic E-state index is 0.207. The molecule has 0 fully saturated rings. The van der Waals surface area contributed by atoms with Crippen LogP contribution >= 0.6 is 0 Å². The number of hydrogen-bond acceptors (Lipinski definition) is 6. The topological polar surface area (TPSA) is 98.2 Å². The predicted molar refractivity (Wildman–Crippen MR) is 111 cm³/mol. The Morgan fingerprint density at radius 3 is 2.63 bits per heavy atom. The van der Waals surface area contributed by atoms with Crippen LogP contribution in [0.4, 0.5) is 5.69 Å². The smallest absolute Gasteiger partial charge is 0.277 e. The lowest BCUT2D eigenvalue weighted by Gasteiger charge is -2.06. The summed E-state index contributed by atoms with van der Waals surface area (Å²) < 4.78 is 6.99. The van der Waals surface area contributed by atoms with Crippen LogP contribution in [-0.4, -0.2) is 30.9 Å². The lowest BCUT2D eigenvalue weighted by atomic mass is 10.1. The van der Waals surface area contributed by atoms with Crippen molar-refractivity contribution in [2.45, 2.75) is 6.92 Å². The maximum Gasteiger partial charge on any atom is 0.277 e. The van der Waals surface area contributed by atoms with Crippen LogP contribution in [0.2, 0.25) is 0 Å². The van der Waals surface area contributed by atoms with Crippen LogP contribution in [0.15, 0.2) is 77.3 Å². The van der Waals surface area contributed by atoms with E-state index >= 15 is 0 Å². The summed E-state index contributed by atoms with van der Waals surface area (Å²) in [5.41, 5.74) is 3.98. The zero-order valence-electron chi connectivity index (χ0n) is 16.0. The lowest BCUT2D eigenvalue weighted by molar-refractivity contribution is 0.101. The highest BCUT2D eigenvalue weighted by Gasteiger charge is 2.14. The number of aryl methyl sites for hydroxylation is 1. The Morgan fingerprint density at radius 1 is 0.933 bits per heavy atom. The molecule has 8 heteroatoms. The van der Waals surface area contributed by atoms with Crippen LogP contribution in [0, 0.1) is 6.92 Å². The number of fused-ring (bicyclic) bond motifs is 1. The van der Waals surface area contributed by atoms with E-state index in [0.717, 1.165) is 16.8 Å². The molecule has 0 unspecified atom stereocenters. The van der Waals surface area contributed by atoms with Crippen molar-refractivity contribution in [3.8, 4) is 22.6 Å².